The van der Waals surface area contributed by atoms with Gasteiger partial charge in [0.15, 0.2) is 5.78 Å². The molecule has 0 radical (unpaired) electrons. The lowest BCUT2D eigenvalue weighted by molar-refractivity contribution is -0.143. The zero-order valence-corrected chi connectivity index (χ0v) is 11.9. The molecular formula is C16H22O3. The number of esters is 1. The van der Waals surface area contributed by atoms with Crippen LogP contribution >= 0.6 is 0 Å². The van der Waals surface area contributed by atoms with Crippen molar-refractivity contribution in [3.8, 4) is 0 Å². The van der Waals surface area contributed by atoms with Crippen molar-refractivity contribution in [3.63, 3.8) is 0 Å². The van der Waals surface area contributed by atoms with E-state index in [9.17, 15) is 9.59 Å². The molecule has 1 unspecified atom stereocenters. The maximum Gasteiger partial charge on any atom is 0.305 e. The minimum atomic E-state index is -0.228. The van der Waals surface area contributed by atoms with E-state index in [0.29, 0.717) is 25.0 Å². The Hall–Kier alpha value is -1.64. The Morgan fingerprint density at radius 2 is 1.79 bits per heavy atom. The van der Waals surface area contributed by atoms with Crippen LogP contribution in [0.2, 0.25) is 0 Å². The molecule has 0 N–H and O–H groups in total. The highest BCUT2D eigenvalue weighted by Crippen LogP contribution is 2.22. The zero-order valence-electron chi connectivity index (χ0n) is 11.9. The van der Waals surface area contributed by atoms with Crippen LogP contribution in [-0.4, -0.2) is 18.4 Å². The number of carbonyl (C=O) groups is 2. The molecule has 1 aromatic carbocycles. The summed E-state index contributed by atoms with van der Waals surface area (Å²) in [5.74, 6) is -0.0390. The topological polar surface area (TPSA) is 43.4 Å². The van der Waals surface area contributed by atoms with Gasteiger partial charge in [0.25, 0.3) is 0 Å². The molecule has 3 nitrogen and oxygen atoms in total. The van der Waals surface area contributed by atoms with Crippen LogP contribution in [-0.2, 0) is 9.53 Å². The molecular weight excluding hydrogens is 240 g/mol. The van der Waals surface area contributed by atoms with Crippen LogP contribution in [0.3, 0.4) is 0 Å². The first-order valence-electron chi connectivity index (χ1n) is 6.81. The van der Waals surface area contributed by atoms with Crippen molar-refractivity contribution in [2.45, 2.75) is 33.6 Å². The summed E-state index contributed by atoms with van der Waals surface area (Å²) in [5, 5.41) is 0. The smallest absolute Gasteiger partial charge is 0.305 e. The molecule has 19 heavy (non-hydrogen) atoms. The zero-order chi connectivity index (χ0) is 14.3. The van der Waals surface area contributed by atoms with Gasteiger partial charge >= 0.3 is 5.97 Å². The summed E-state index contributed by atoms with van der Waals surface area (Å²) in [7, 11) is 0. The molecule has 0 saturated carbocycles. The van der Waals surface area contributed by atoms with Crippen molar-refractivity contribution in [2.75, 3.05) is 6.61 Å². The first-order valence-corrected chi connectivity index (χ1v) is 6.81. The number of carbonyl (C=O) groups excluding carboxylic acids is 2. The van der Waals surface area contributed by atoms with Crippen LogP contribution in [0.1, 0.15) is 44.0 Å². The Morgan fingerprint density at radius 1 is 1.16 bits per heavy atom. The maximum absolute atomic E-state index is 12.4. The number of benzene rings is 1. The third-order valence-corrected chi connectivity index (χ3v) is 3.16. The first-order chi connectivity index (χ1) is 9.06. The van der Waals surface area contributed by atoms with Gasteiger partial charge in [0.2, 0.25) is 0 Å². The highest BCUT2D eigenvalue weighted by Gasteiger charge is 2.24. The van der Waals surface area contributed by atoms with Crippen molar-refractivity contribution < 1.29 is 14.3 Å². The minimum absolute atomic E-state index is 0.111. The van der Waals surface area contributed by atoms with Crippen molar-refractivity contribution in [2.24, 2.45) is 11.8 Å². The summed E-state index contributed by atoms with van der Waals surface area (Å²) in [6.07, 6.45) is 0.847. The van der Waals surface area contributed by atoms with Crippen molar-refractivity contribution in [3.05, 3.63) is 35.9 Å². The van der Waals surface area contributed by atoms with E-state index in [1.165, 1.54) is 0 Å². The SMILES string of the molecule is CCOC(=O)CCC(C(=O)c1ccccc1)C(C)C. The van der Waals surface area contributed by atoms with Gasteiger partial charge in [-0.3, -0.25) is 9.59 Å². The molecule has 1 atom stereocenters. The summed E-state index contributed by atoms with van der Waals surface area (Å²) < 4.78 is 4.91. The summed E-state index contributed by atoms with van der Waals surface area (Å²) in [6.45, 7) is 6.19. The van der Waals surface area contributed by atoms with Gasteiger partial charge in [0.1, 0.15) is 0 Å². The highest BCUT2D eigenvalue weighted by molar-refractivity contribution is 5.98. The summed E-state index contributed by atoms with van der Waals surface area (Å²) in [6, 6.07) is 9.25. The Balaban J connectivity index is 2.68. The van der Waals surface area contributed by atoms with Crippen LogP contribution in [0.25, 0.3) is 0 Å². The largest absolute Gasteiger partial charge is 0.466 e. The number of hydrogen-bond donors (Lipinski definition) is 0. The summed E-state index contributed by atoms with van der Waals surface area (Å²) in [4.78, 5) is 23.8. The van der Waals surface area contributed by atoms with Gasteiger partial charge in [-0.15, -0.1) is 0 Å². The lowest BCUT2D eigenvalue weighted by Gasteiger charge is -2.19. The van der Waals surface area contributed by atoms with Crippen LogP contribution in [0.4, 0.5) is 0 Å². The van der Waals surface area contributed by atoms with E-state index in [0.717, 1.165) is 0 Å². The molecule has 1 rings (SSSR count). The van der Waals surface area contributed by atoms with E-state index in [1.807, 2.05) is 44.2 Å². The number of hydrogen-bond acceptors (Lipinski definition) is 3. The molecule has 1 aromatic rings. The van der Waals surface area contributed by atoms with Gasteiger partial charge in [0.05, 0.1) is 6.61 Å². The molecule has 0 aliphatic heterocycles. The number of ether oxygens (including phenoxy) is 1. The highest BCUT2D eigenvalue weighted by atomic mass is 16.5. The molecule has 104 valence electrons. The Labute approximate surface area is 115 Å². The van der Waals surface area contributed by atoms with E-state index >= 15 is 0 Å². The molecule has 0 spiro atoms. The average Bonchev–Trinajstić information content (AvgIpc) is 2.39. The maximum atomic E-state index is 12.4. The lowest BCUT2D eigenvalue weighted by atomic mass is 9.84. The predicted molar refractivity (Wildman–Crippen MR) is 75.0 cm³/mol. The van der Waals surface area contributed by atoms with Gasteiger partial charge in [0, 0.05) is 17.9 Å². The Bertz CT molecular complexity index is 409. The fourth-order valence-electron chi connectivity index (χ4n) is 2.09. The number of ketones is 1. The minimum Gasteiger partial charge on any atom is -0.466 e. The van der Waals surface area contributed by atoms with E-state index in [4.69, 9.17) is 4.74 Å². The van der Waals surface area contributed by atoms with Crippen LogP contribution < -0.4 is 0 Å². The third kappa shape index (κ3) is 4.86. The average molecular weight is 262 g/mol. The molecule has 0 amide bonds. The Kier molecular flexibility index (Phi) is 6.26. The van der Waals surface area contributed by atoms with E-state index < -0.39 is 0 Å². The second-order valence-electron chi connectivity index (χ2n) is 4.92. The van der Waals surface area contributed by atoms with Crippen LogP contribution in [0.5, 0.6) is 0 Å². The second kappa shape index (κ2) is 7.72. The second-order valence-corrected chi connectivity index (χ2v) is 4.92. The molecule has 0 aliphatic carbocycles. The number of Topliss-reactive ketones (excluding diaryl/α,β-unsaturated/α-hetero) is 1. The van der Waals surface area contributed by atoms with Crippen LogP contribution in [0, 0.1) is 11.8 Å². The molecule has 0 aliphatic rings. The molecule has 0 aromatic heterocycles. The fraction of sp³-hybridized carbons (Fsp3) is 0.500. The van der Waals surface area contributed by atoms with E-state index in [2.05, 4.69) is 0 Å². The quantitative estimate of drug-likeness (QED) is 0.558. The van der Waals surface area contributed by atoms with E-state index in [-0.39, 0.29) is 23.6 Å². The lowest BCUT2D eigenvalue weighted by Crippen LogP contribution is -2.22. The van der Waals surface area contributed by atoms with Gasteiger partial charge in [-0.05, 0) is 19.3 Å². The number of rotatable bonds is 7. The predicted octanol–water partition coefficient (Wildman–Crippen LogP) is 3.48. The van der Waals surface area contributed by atoms with Gasteiger partial charge in [-0.2, -0.15) is 0 Å². The van der Waals surface area contributed by atoms with Crippen molar-refractivity contribution in [1.82, 2.24) is 0 Å². The standard InChI is InChI=1S/C16H22O3/c1-4-19-15(17)11-10-14(12(2)3)16(18)13-8-6-5-7-9-13/h5-9,12,14H,4,10-11H2,1-3H3. The molecule has 3 heteroatoms. The molecule has 0 heterocycles. The van der Waals surface area contributed by atoms with Gasteiger partial charge in [-0.25, -0.2) is 0 Å². The van der Waals surface area contributed by atoms with Crippen LogP contribution in [0.15, 0.2) is 30.3 Å². The van der Waals surface area contributed by atoms with Gasteiger partial charge in [-0.1, -0.05) is 44.2 Å². The van der Waals surface area contributed by atoms with E-state index in [1.54, 1.807) is 6.92 Å². The Morgan fingerprint density at radius 3 is 2.32 bits per heavy atom. The monoisotopic (exact) mass is 262 g/mol. The molecule has 0 saturated heterocycles. The molecule has 0 bridgehead atoms. The van der Waals surface area contributed by atoms with Crippen molar-refractivity contribution >= 4 is 11.8 Å². The molecule has 0 fully saturated rings. The third-order valence-electron chi connectivity index (χ3n) is 3.16. The summed E-state index contributed by atoms with van der Waals surface area (Å²) in [5.41, 5.74) is 0.713. The fourth-order valence-corrected chi connectivity index (χ4v) is 2.09. The normalized spacial score (nSPS) is 12.2. The van der Waals surface area contributed by atoms with Crippen molar-refractivity contribution in [1.29, 1.82) is 0 Å². The first kappa shape index (κ1) is 15.4. The van der Waals surface area contributed by atoms with Gasteiger partial charge < -0.3 is 4.74 Å². The summed E-state index contributed by atoms with van der Waals surface area (Å²) >= 11 is 0.